The molecule has 2 bridgehead atoms. The lowest BCUT2D eigenvalue weighted by atomic mass is 9.95. The maximum Gasteiger partial charge on any atom is 0.319 e. The molecule has 2 unspecified atom stereocenters. The molecular formula is C30H31ClF2N6O. The Kier molecular flexibility index (Phi) is 5.73. The molecule has 0 amide bonds. The summed E-state index contributed by atoms with van der Waals surface area (Å²) >= 11 is 6.48. The van der Waals surface area contributed by atoms with Gasteiger partial charge in [0.05, 0.1) is 16.1 Å². The van der Waals surface area contributed by atoms with E-state index in [-0.39, 0.29) is 22.6 Å². The number of nitrogens with one attached hydrogen (secondary N) is 2. The second kappa shape index (κ2) is 9.26. The van der Waals surface area contributed by atoms with Crippen LogP contribution in [0, 0.1) is 11.6 Å². The summed E-state index contributed by atoms with van der Waals surface area (Å²) < 4.78 is 38.7. The lowest BCUT2D eigenvalue weighted by Crippen LogP contribution is -2.51. The predicted molar refractivity (Wildman–Crippen MR) is 152 cm³/mol. The zero-order valence-corrected chi connectivity index (χ0v) is 22.9. The summed E-state index contributed by atoms with van der Waals surface area (Å²) in [6.45, 7) is 4.09. The number of ether oxygens (including phenoxy) is 1. The van der Waals surface area contributed by atoms with Crippen molar-refractivity contribution < 1.29 is 13.5 Å². The third kappa shape index (κ3) is 3.81. The number of anilines is 1. The molecular weight excluding hydrogens is 534 g/mol. The number of nitrogens with zero attached hydrogens (tertiary/aromatic N) is 4. The van der Waals surface area contributed by atoms with Crippen LogP contribution in [0.5, 0.6) is 6.01 Å². The highest BCUT2D eigenvalue weighted by molar-refractivity contribution is 6.36. The molecule has 10 heteroatoms. The van der Waals surface area contributed by atoms with E-state index in [2.05, 4.69) is 25.1 Å². The Morgan fingerprint density at radius 3 is 2.62 bits per heavy atom. The van der Waals surface area contributed by atoms with Crippen molar-refractivity contribution in [1.82, 2.24) is 25.2 Å². The molecule has 208 valence electrons. The van der Waals surface area contributed by atoms with Gasteiger partial charge in [-0.3, -0.25) is 4.90 Å². The molecule has 0 radical (unpaired) electrons. The maximum atomic E-state index is 16.5. The van der Waals surface area contributed by atoms with Crippen molar-refractivity contribution in [2.24, 2.45) is 0 Å². The molecule has 8 rings (SSSR count). The van der Waals surface area contributed by atoms with E-state index >= 15 is 8.78 Å². The molecule has 4 saturated heterocycles. The van der Waals surface area contributed by atoms with E-state index in [1.807, 2.05) is 6.07 Å². The van der Waals surface area contributed by atoms with E-state index in [1.165, 1.54) is 6.07 Å². The van der Waals surface area contributed by atoms with Crippen LogP contribution in [0.3, 0.4) is 0 Å². The van der Waals surface area contributed by atoms with Crippen molar-refractivity contribution in [1.29, 1.82) is 0 Å². The van der Waals surface area contributed by atoms with E-state index in [1.54, 1.807) is 18.3 Å². The Labute approximate surface area is 235 Å². The van der Waals surface area contributed by atoms with Gasteiger partial charge < -0.3 is 19.9 Å². The number of rotatable bonds is 5. The predicted octanol–water partition coefficient (Wildman–Crippen LogP) is 5.66. The van der Waals surface area contributed by atoms with Crippen molar-refractivity contribution in [3.63, 3.8) is 0 Å². The third-order valence-corrected chi connectivity index (χ3v) is 9.88. The number of hydrogen-bond donors (Lipinski definition) is 2. The highest BCUT2D eigenvalue weighted by Crippen LogP contribution is 2.42. The molecule has 4 aromatic rings. The SMILES string of the molecule is Fc1cc2c(N3CC4CCC(C3)N4)nc(OCC34CCCN3CCC4)nc2c(F)c1-c1c[nH]c2cccc(Cl)c12. The van der Waals surface area contributed by atoms with E-state index in [9.17, 15) is 0 Å². The molecule has 7 nitrogen and oxygen atoms in total. The van der Waals surface area contributed by atoms with Gasteiger partial charge in [-0.2, -0.15) is 9.97 Å². The van der Waals surface area contributed by atoms with Gasteiger partial charge in [-0.25, -0.2) is 8.78 Å². The minimum atomic E-state index is -0.732. The van der Waals surface area contributed by atoms with Crippen molar-refractivity contribution in [3.05, 3.63) is 47.1 Å². The topological polar surface area (TPSA) is 69.3 Å². The van der Waals surface area contributed by atoms with Gasteiger partial charge in [-0.1, -0.05) is 17.7 Å². The average molecular weight is 565 g/mol. The van der Waals surface area contributed by atoms with Crippen LogP contribution >= 0.6 is 11.6 Å². The highest BCUT2D eigenvalue weighted by Gasteiger charge is 2.45. The van der Waals surface area contributed by atoms with Gasteiger partial charge in [0, 0.05) is 53.2 Å². The number of halogens is 3. The van der Waals surface area contributed by atoms with Crippen molar-refractivity contribution in [3.8, 4) is 17.1 Å². The molecule has 0 saturated carbocycles. The van der Waals surface area contributed by atoms with Crippen LogP contribution in [0.25, 0.3) is 32.9 Å². The van der Waals surface area contributed by atoms with Crippen molar-refractivity contribution >= 4 is 39.2 Å². The summed E-state index contributed by atoms with van der Waals surface area (Å²) in [5.74, 6) is -0.871. The van der Waals surface area contributed by atoms with Crippen LogP contribution in [-0.2, 0) is 0 Å². The normalized spacial score (nSPS) is 23.9. The van der Waals surface area contributed by atoms with Crippen LogP contribution in [0.1, 0.15) is 38.5 Å². The van der Waals surface area contributed by atoms with E-state index < -0.39 is 11.6 Å². The Bertz CT molecular complexity index is 1620. The Morgan fingerprint density at radius 1 is 1.07 bits per heavy atom. The zero-order valence-electron chi connectivity index (χ0n) is 22.2. The Balaban J connectivity index is 1.27. The van der Waals surface area contributed by atoms with Gasteiger partial charge in [-0.15, -0.1) is 0 Å². The summed E-state index contributed by atoms with van der Waals surface area (Å²) in [7, 11) is 0. The monoisotopic (exact) mass is 564 g/mol. The lowest BCUT2D eigenvalue weighted by Gasteiger charge is -2.34. The quantitative estimate of drug-likeness (QED) is 0.326. The van der Waals surface area contributed by atoms with Crippen LogP contribution in [0.15, 0.2) is 30.5 Å². The van der Waals surface area contributed by atoms with Gasteiger partial charge in [0.25, 0.3) is 0 Å². The molecule has 0 spiro atoms. The first-order valence-electron chi connectivity index (χ1n) is 14.3. The molecule has 0 aliphatic carbocycles. The third-order valence-electron chi connectivity index (χ3n) is 9.56. The van der Waals surface area contributed by atoms with Gasteiger partial charge in [0.15, 0.2) is 5.82 Å². The standard InChI is InChI=1S/C30H31ClF2N6O/c31-21-4-1-5-23-24(21)20(13-34-23)25-22(32)12-19-27(26(25)33)36-29(40-16-30-8-2-10-39(30)11-3-9-30)37-28(19)38-14-17-6-7-18(15-38)35-17/h1,4-5,12-13,17-18,34-35H,2-3,6-11,14-16H2. The van der Waals surface area contributed by atoms with Crippen LogP contribution in [-0.4, -0.2) is 70.3 Å². The van der Waals surface area contributed by atoms with E-state index in [4.69, 9.17) is 21.3 Å². The van der Waals surface area contributed by atoms with Crippen LogP contribution in [0.2, 0.25) is 5.02 Å². The number of piperazine rings is 1. The molecule has 2 N–H and O–H groups in total. The Hall–Kier alpha value is -3.01. The summed E-state index contributed by atoms with van der Waals surface area (Å²) in [4.78, 5) is 17.2. The summed E-state index contributed by atoms with van der Waals surface area (Å²) in [6.07, 6.45) is 8.24. The van der Waals surface area contributed by atoms with Gasteiger partial charge in [0.1, 0.15) is 23.8 Å². The smallest absolute Gasteiger partial charge is 0.319 e. The minimum Gasteiger partial charge on any atom is -0.461 e. The summed E-state index contributed by atoms with van der Waals surface area (Å²) in [5.41, 5.74) is 0.990. The lowest BCUT2D eigenvalue weighted by molar-refractivity contribution is 0.108. The second-order valence-electron chi connectivity index (χ2n) is 11.9. The van der Waals surface area contributed by atoms with Gasteiger partial charge in [-0.05, 0) is 69.8 Å². The van der Waals surface area contributed by atoms with Crippen molar-refractivity contribution in [2.45, 2.75) is 56.1 Å². The molecule has 2 aromatic carbocycles. The minimum absolute atomic E-state index is 0.0000776. The molecule has 2 aromatic heterocycles. The van der Waals surface area contributed by atoms with Crippen LogP contribution in [0.4, 0.5) is 14.6 Å². The van der Waals surface area contributed by atoms with E-state index in [0.717, 1.165) is 64.7 Å². The molecule has 4 aliphatic heterocycles. The second-order valence-corrected chi connectivity index (χ2v) is 12.3. The van der Waals surface area contributed by atoms with Crippen molar-refractivity contribution in [2.75, 3.05) is 37.7 Å². The first-order chi connectivity index (χ1) is 19.5. The number of H-pyrrole nitrogens is 1. The molecule has 40 heavy (non-hydrogen) atoms. The fourth-order valence-electron chi connectivity index (χ4n) is 7.68. The summed E-state index contributed by atoms with van der Waals surface area (Å²) in [5, 5.41) is 4.99. The molecule has 6 heterocycles. The number of aromatic amines is 1. The number of hydrogen-bond acceptors (Lipinski definition) is 6. The average Bonchev–Trinajstić information content (AvgIpc) is 3.71. The summed E-state index contributed by atoms with van der Waals surface area (Å²) in [6, 6.07) is 7.55. The Morgan fingerprint density at radius 2 is 1.85 bits per heavy atom. The fourth-order valence-corrected chi connectivity index (χ4v) is 7.96. The van der Waals surface area contributed by atoms with Crippen LogP contribution < -0.4 is 15.0 Å². The number of benzene rings is 2. The zero-order chi connectivity index (χ0) is 27.0. The van der Waals surface area contributed by atoms with E-state index in [0.29, 0.717) is 51.4 Å². The van der Waals surface area contributed by atoms with Gasteiger partial charge in [0.2, 0.25) is 0 Å². The molecule has 2 atom stereocenters. The first-order valence-corrected chi connectivity index (χ1v) is 14.7. The molecule has 4 fully saturated rings. The first kappa shape index (κ1) is 24.8. The van der Waals surface area contributed by atoms with Gasteiger partial charge >= 0.3 is 6.01 Å². The molecule has 4 aliphatic rings. The largest absolute Gasteiger partial charge is 0.461 e. The fraction of sp³-hybridized carbons (Fsp3) is 0.467. The number of aromatic nitrogens is 3. The number of fused-ring (bicyclic) bond motifs is 5. The highest BCUT2D eigenvalue weighted by atomic mass is 35.5. The maximum absolute atomic E-state index is 16.5.